The van der Waals surface area contributed by atoms with Gasteiger partial charge in [0.1, 0.15) is 5.75 Å². The molecule has 0 saturated carbocycles. The lowest BCUT2D eigenvalue weighted by Gasteiger charge is -2.27. The van der Waals surface area contributed by atoms with Crippen LogP contribution in [0.1, 0.15) is 63.0 Å². The first-order valence-electron chi connectivity index (χ1n) is 6.58. The van der Waals surface area contributed by atoms with Crippen LogP contribution in [0.25, 0.3) is 0 Å². The molecular formula is C16H25NO2. The molecule has 0 unspecified atom stereocenters. The number of hydrogen-bond acceptors (Lipinski definition) is 2. The van der Waals surface area contributed by atoms with Crippen molar-refractivity contribution >= 4 is 5.91 Å². The first kappa shape index (κ1) is 15.5. The van der Waals surface area contributed by atoms with Gasteiger partial charge in [-0.15, -0.1) is 0 Å². The molecule has 0 bridgehead atoms. The van der Waals surface area contributed by atoms with Crippen molar-refractivity contribution in [3.8, 4) is 5.75 Å². The fourth-order valence-electron chi connectivity index (χ4n) is 1.95. The summed E-state index contributed by atoms with van der Waals surface area (Å²) in [6, 6.07) is 3.78. The highest BCUT2D eigenvalue weighted by Gasteiger charge is 2.26. The molecule has 1 aromatic rings. The zero-order chi connectivity index (χ0) is 15.0. The first-order chi connectivity index (χ1) is 8.48. The SMILES string of the molecule is CNC(=O)c1cc(C(C)(C)C)cc(C(C)(C)C)c1O. The molecule has 0 aromatic heterocycles. The predicted molar refractivity (Wildman–Crippen MR) is 78.9 cm³/mol. The summed E-state index contributed by atoms with van der Waals surface area (Å²) < 4.78 is 0. The van der Waals surface area contributed by atoms with Crippen LogP contribution in [0.5, 0.6) is 5.75 Å². The Balaban J connectivity index is 3.62. The molecular weight excluding hydrogens is 238 g/mol. The lowest BCUT2D eigenvalue weighted by molar-refractivity contribution is 0.0960. The van der Waals surface area contributed by atoms with Crippen LogP contribution in [0.4, 0.5) is 0 Å². The molecule has 3 nitrogen and oxygen atoms in total. The third-order valence-corrected chi connectivity index (χ3v) is 3.26. The molecule has 0 aliphatic carbocycles. The number of amides is 1. The van der Waals surface area contributed by atoms with Crippen molar-refractivity contribution in [2.75, 3.05) is 7.05 Å². The fourth-order valence-corrected chi connectivity index (χ4v) is 1.95. The minimum Gasteiger partial charge on any atom is -0.507 e. The van der Waals surface area contributed by atoms with E-state index in [0.717, 1.165) is 11.1 Å². The van der Waals surface area contributed by atoms with Gasteiger partial charge in [-0.05, 0) is 22.5 Å². The summed E-state index contributed by atoms with van der Waals surface area (Å²) in [5.41, 5.74) is 1.91. The second kappa shape index (κ2) is 4.87. The van der Waals surface area contributed by atoms with Crippen LogP contribution in [0.3, 0.4) is 0 Å². The summed E-state index contributed by atoms with van der Waals surface area (Å²) >= 11 is 0. The quantitative estimate of drug-likeness (QED) is 0.816. The van der Waals surface area contributed by atoms with E-state index in [0.29, 0.717) is 5.56 Å². The Morgan fingerprint density at radius 3 is 1.95 bits per heavy atom. The summed E-state index contributed by atoms with van der Waals surface area (Å²) in [6.45, 7) is 12.4. The van der Waals surface area contributed by atoms with Gasteiger partial charge in [-0.2, -0.15) is 0 Å². The Bertz CT molecular complexity index is 491. The largest absolute Gasteiger partial charge is 0.507 e. The van der Waals surface area contributed by atoms with Crippen LogP contribution in [-0.4, -0.2) is 18.1 Å². The zero-order valence-electron chi connectivity index (χ0n) is 13.0. The third-order valence-electron chi connectivity index (χ3n) is 3.26. The van der Waals surface area contributed by atoms with Crippen LogP contribution in [0.2, 0.25) is 0 Å². The minimum atomic E-state index is -0.255. The van der Waals surface area contributed by atoms with Gasteiger partial charge in [0.2, 0.25) is 0 Å². The highest BCUT2D eigenvalue weighted by Crippen LogP contribution is 2.37. The third kappa shape index (κ3) is 3.28. The van der Waals surface area contributed by atoms with Gasteiger partial charge < -0.3 is 10.4 Å². The molecule has 0 fully saturated rings. The van der Waals surface area contributed by atoms with Crippen molar-refractivity contribution in [2.45, 2.75) is 52.4 Å². The molecule has 3 heteroatoms. The normalized spacial score (nSPS) is 12.4. The van der Waals surface area contributed by atoms with E-state index in [2.05, 4.69) is 26.1 Å². The van der Waals surface area contributed by atoms with Gasteiger partial charge in [0.05, 0.1) is 5.56 Å². The number of aromatic hydroxyl groups is 1. The van der Waals surface area contributed by atoms with Gasteiger partial charge >= 0.3 is 0 Å². The van der Waals surface area contributed by atoms with Crippen molar-refractivity contribution in [1.29, 1.82) is 0 Å². The highest BCUT2D eigenvalue weighted by molar-refractivity contribution is 5.97. The van der Waals surface area contributed by atoms with Gasteiger partial charge in [-0.25, -0.2) is 0 Å². The molecule has 0 aliphatic rings. The van der Waals surface area contributed by atoms with E-state index >= 15 is 0 Å². The monoisotopic (exact) mass is 263 g/mol. The average Bonchev–Trinajstić information content (AvgIpc) is 2.25. The minimum absolute atomic E-state index is 0.0729. The van der Waals surface area contributed by atoms with Gasteiger partial charge in [-0.1, -0.05) is 47.6 Å². The molecule has 0 heterocycles. The number of phenolic OH excluding ortho intramolecular Hbond substituents is 1. The number of carbonyl (C=O) groups is 1. The Morgan fingerprint density at radius 1 is 1.05 bits per heavy atom. The molecule has 0 spiro atoms. The molecule has 1 amide bonds. The van der Waals surface area contributed by atoms with E-state index in [1.165, 1.54) is 0 Å². The molecule has 106 valence electrons. The Labute approximate surface area is 116 Å². The lowest BCUT2D eigenvalue weighted by atomic mass is 9.79. The van der Waals surface area contributed by atoms with E-state index in [1.807, 2.05) is 26.8 Å². The van der Waals surface area contributed by atoms with E-state index in [1.54, 1.807) is 13.1 Å². The zero-order valence-corrected chi connectivity index (χ0v) is 13.0. The van der Waals surface area contributed by atoms with Gasteiger partial charge in [-0.3, -0.25) is 4.79 Å². The van der Waals surface area contributed by atoms with E-state index < -0.39 is 0 Å². The Kier molecular flexibility index (Phi) is 3.99. The number of carbonyl (C=O) groups excluding carboxylic acids is 1. The van der Waals surface area contributed by atoms with Crippen molar-refractivity contribution < 1.29 is 9.90 Å². The van der Waals surface area contributed by atoms with Crippen molar-refractivity contribution in [3.05, 3.63) is 28.8 Å². The number of hydrogen-bond donors (Lipinski definition) is 2. The number of benzene rings is 1. The summed E-state index contributed by atoms with van der Waals surface area (Å²) in [6.07, 6.45) is 0. The molecule has 0 saturated heterocycles. The second-order valence-electron chi connectivity index (χ2n) is 7.00. The molecule has 1 rings (SSSR count). The standard InChI is InChI=1S/C16H25NO2/c1-15(2,3)10-8-11(14(19)17-7)13(18)12(9-10)16(4,5)6/h8-9,18H,1-7H3,(H,17,19). The van der Waals surface area contributed by atoms with Crippen molar-refractivity contribution in [2.24, 2.45) is 0 Å². The first-order valence-corrected chi connectivity index (χ1v) is 6.58. The number of rotatable bonds is 1. The summed E-state index contributed by atoms with van der Waals surface area (Å²) in [7, 11) is 1.57. The Hall–Kier alpha value is -1.51. The maximum Gasteiger partial charge on any atom is 0.254 e. The van der Waals surface area contributed by atoms with Crippen LogP contribution in [0.15, 0.2) is 12.1 Å². The Morgan fingerprint density at radius 2 is 1.58 bits per heavy atom. The molecule has 2 N–H and O–H groups in total. The smallest absolute Gasteiger partial charge is 0.254 e. The summed E-state index contributed by atoms with van der Waals surface area (Å²) in [5.74, 6) is -0.172. The van der Waals surface area contributed by atoms with Crippen LogP contribution >= 0.6 is 0 Å². The van der Waals surface area contributed by atoms with Crippen LogP contribution in [0, 0.1) is 0 Å². The van der Waals surface area contributed by atoms with Gasteiger partial charge in [0.25, 0.3) is 5.91 Å². The van der Waals surface area contributed by atoms with Gasteiger partial charge in [0.15, 0.2) is 0 Å². The topological polar surface area (TPSA) is 49.3 Å². The predicted octanol–water partition coefficient (Wildman–Crippen LogP) is 3.35. The van der Waals surface area contributed by atoms with Crippen LogP contribution < -0.4 is 5.32 Å². The maximum absolute atomic E-state index is 11.9. The molecule has 0 radical (unpaired) electrons. The number of nitrogens with one attached hydrogen (secondary N) is 1. The molecule has 19 heavy (non-hydrogen) atoms. The van der Waals surface area contributed by atoms with Crippen molar-refractivity contribution in [1.82, 2.24) is 5.32 Å². The van der Waals surface area contributed by atoms with E-state index in [-0.39, 0.29) is 22.5 Å². The summed E-state index contributed by atoms with van der Waals surface area (Å²) in [4.78, 5) is 11.9. The lowest BCUT2D eigenvalue weighted by Crippen LogP contribution is -2.22. The molecule has 0 atom stereocenters. The van der Waals surface area contributed by atoms with Crippen molar-refractivity contribution in [3.63, 3.8) is 0 Å². The summed E-state index contributed by atoms with van der Waals surface area (Å²) in [5, 5.41) is 12.9. The van der Waals surface area contributed by atoms with Crippen LogP contribution in [-0.2, 0) is 10.8 Å². The van der Waals surface area contributed by atoms with E-state index in [4.69, 9.17) is 0 Å². The van der Waals surface area contributed by atoms with E-state index in [9.17, 15) is 9.90 Å². The molecule has 1 aromatic carbocycles. The molecule has 0 aliphatic heterocycles. The second-order valence-corrected chi connectivity index (χ2v) is 7.00. The fraction of sp³-hybridized carbons (Fsp3) is 0.562. The average molecular weight is 263 g/mol. The maximum atomic E-state index is 11.9. The number of phenols is 1. The highest BCUT2D eigenvalue weighted by atomic mass is 16.3. The van der Waals surface area contributed by atoms with Gasteiger partial charge in [0, 0.05) is 12.6 Å².